The smallest absolute Gasteiger partial charge is 0.335 e. The normalized spacial score (nSPS) is 10.5. The monoisotopic (exact) mass is 325 g/mol. The summed E-state index contributed by atoms with van der Waals surface area (Å²) in [6, 6.07) is 11.0. The SMILES string of the molecule is Cc1cc(C)c(CC(=O)NCCc2cccc(C(=O)O)c2)c(C)c1. The number of hydrogen-bond donors (Lipinski definition) is 2. The van der Waals surface area contributed by atoms with E-state index in [4.69, 9.17) is 5.11 Å². The molecule has 24 heavy (non-hydrogen) atoms. The summed E-state index contributed by atoms with van der Waals surface area (Å²) < 4.78 is 0. The van der Waals surface area contributed by atoms with Gasteiger partial charge in [-0.15, -0.1) is 0 Å². The van der Waals surface area contributed by atoms with Gasteiger partial charge < -0.3 is 10.4 Å². The number of benzene rings is 2. The molecule has 0 spiro atoms. The molecule has 2 aromatic carbocycles. The van der Waals surface area contributed by atoms with Gasteiger partial charge in [-0.2, -0.15) is 0 Å². The molecule has 0 aliphatic rings. The number of nitrogens with one attached hydrogen (secondary N) is 1. The largest absolute Gasteiger partial charge is 0.478 e. The molecule has 0 aromatic heterocycles. The Labute approximate surface area is 142 Å². The van der Waals surface area contributed by atoms with Crippen LogP contribution >= 0.6 is 0 Å². The van der Waals surface area contributed by atoms with Crippen molar-refractivity contribution in [2.45, 2.75) is 33.6 Å². The zero-order chi connectivity index (χ0) is 17.7. The molecule has 0 unspecified atom stereocenters. The minimum atomic E-state index is -0.939. The van der Waals surface area contributed by atoms with E-state index in [2.05, 4.69) is 24.4 Å². The predicted molar refractivity (Wildman–Crippen MR) is 94.5 cm³/mol. The van der Waals surface area contributed by atoms with Gasteiger partial charge in [0.2, 0.25) is 5.91 Å². The predicted octanol–water partition coefficient (Wildman–Crippen LogP) is 3.21. The highest BCUT2D eigenvalue weighted by atomic mass is 16.4. The molecule has 0 heterocycles. The second kappa shape index (κ2) is 7.77. The summed E-state index contributed by atoms with van der Waals surface area (Å²) in [5.41, 5.74) is 5.72. The number of carbonyl (C=O) groups excluding carboxylic acids is 1. The van der Waals surface area contributed by atoms with Crippen LogP contribution in [0.3, 0.4) is 0 Å². The molecule has 2 N–H and O–H groups in total. The summed E-state index contributed by atoms with van der Waals surface area (Å²) >= 11 is 0. The van der Waals surface area contributed by atoms with Gasteiger partial charge in [0.1, 0.15) is 0 Å². The molecule has 0 aliphatic heterocycles. The third-order valence-electron chi connectivity index (χ3n) is 4.09. The molecule has 0 radical (unpaired) electrons. The van der Waals surface area contributed by atoms with Crippen molar-refractivity contribution < 1.29 is 14.7 Å². The molecule has 0 saturated heterocycles. The van der Waals surface area contributed by atoms with E-state index in [0.717, 1.165) is 22.3 Å². The van der Waals surface area contributed by atoms with Crippen molar-refractivity contribution in [1.29, 1.82) is 0 Å². The van der Waals surface area contributed by atoms with Gasteiger partial charge in [-0.3, -0.25) is 4.79 Å². The molecule has 2 aromatic rings. The lowest BCUT2D eigenvalue weighted by atomic mass is 9.97. The second-order valence-corrected chi connectivity index (χ2v) is 6.16. The van der Waals surface area contributed by atoms with Crippen LogP contribution in [-0.4, -0.2) is 23.5 Å². The number of hydrogen-bond acceptors (Lipinski definition) is 2. The van der Waals surface area contributed by atoms with Crippen LogP contribution in [0.5, 0.6) is 0 Å². The average molecular weight is 325 g/mol. The molecule has 0 saturated carbocycles. The van der Waals surface area contributed by atoms with Crippen LogP contribution in [0, 0.1) is 20.8 Å². The zero-order valence-corrected chi connectivity index (χ0v) is 14.3. The summed E-state index contributed by atoms with van der Waals surface area (Å²) in [6.07, 6.45) is 0.978. The third-order valence-corrected chi connectivity index (χ3v) is 4.09. The minimum Gasteiger partial charge on any atom is -0.478 e. The summed E-state index contributed by atoms with van der Waals surface area (Å²) in [6.45, 7) is 6.60. The molecule has 0 bridgehead atoms. The third kappa shape index (κ3) is 4.69. The Morgan fingerprint density at radius 3 is 2.33 bits per heavy atom. The first-order chi connectivity index (χ1) is 11.4. The van der Waals surface area contributed by atoms with Crippen LogP contribution in [0.25, 0.3) is 0 Å². The number of aromatic carboxylic acids is 1. The number of amides is 1. The first-order valence-corrected chi connectivity index (χ1v) is 8.02. The number of carboxylic acids is 1. The van der Waals surface area contributed by atoms with Crippen molar-refractivity contribution in [2.75, 3.05) is 6.54 Å². The van der Waals surface area contributed by atoms with Crippen LogP contribution in [0.2, 0.25) is 0 Å². The lowest BCUT2D eigenvalue weighted by molar-refractivity contribution is -0.120. The zero-order valence-electron chi connectivity index (χ0n) is 14.3. The summed E-state index contributed by atoms with van der Waals surface area (Å²) in [5, 5.41) is 11.9. The van der Waals surface area contributed by atoms with Gasteiger partial charge >= 0.3 is 5.97 Å². The standard InChI is InChI=1S/C20H23NO3/c1-13-9-14(2)18(15(3)10-13)12-19(22)21-8-7-16-5-4-6-17(11-16)20(23)24/h4-6,9-11H,7-8,12H2,1-3H3,(H,21,22)(H,23,24). The lowest BCUT2D eigenvalue weighted by Crippen LogP contribution is -2.27. The van der Waals surface area contributed by atoms with E-state index in [0.29, 0.717) is 19.4 Å². The molecular weight excluding hydrogens is 302 g/mol. The topological polar surface area (TPSA) is 66.4 Å². The fourth-order valence-electron chi connectivity index (χ4n) is 2.92. The van der Waals surface area contributed by atoms with Crippen LogP contribution in [0.15, 0.2) is 36.4 Å². The Morgan fingerprint density at radius 1 is 1.04 bits per heavy atom. The number of rotatable bonds is 6. The van der Waals surface area contributed by atoms with E-state index < -0.39 is 5.97 Å². The van der Waals surface area contributed by atoms with Crippen molar-refractivity contribution in [3.63, 3.8) is 0 Å². The molecule has 2 rings (SSSR count). The summed E-state index contributed by atoms with van der Waals surface area (Å²) in [5.74, 6) is -0.953. The molecular formula is C20H23NO3. The van der Waals surface area contributed by atoms with Crippen molar-refractivity contribution in [3.05, 3.63) is 69.8 Å². The molecule has 4 nitrogen and oxygen atoms in total. The van der Waals surface area contributed by atoms with Crippen molar-refractivity contribution in [3.8, 4) is 0 Å². The summed E-state index contributed by atoms with van der Waals surface area (Å²) in [4.78, 5) is 23.1. The molecule has 126 valence electrons. The van der Waals surface area contributed by atoms with Crippen LogP contribution in [0.1, 0.15) is 38.2 Å². The highest BCUT2D eigenvalue weighted by Crippen LogP contribution is 2.16. The highest BCUT2D eigenvalue weighted by Gasteiger charge is 2.09. The Kier molecular flexibility index (Phi) is 5.74. The quantitative estimate of drug-likeness (QED) is 0.857. The minimum absolute atomic E-state index is 0.0144. The van der Waals surface area contributed by atoms with E-state index in [1.54, 1.807) is 18.2 Å². The maximum Gasteiger partial charge on any atom is 0.335 e. The van der Waals surface area contributed by atoms with E-state index in [1.807, 2.05) is 19.9 Å². The van der Waals surface area contributed by atoms with Gasteiger partial charge in [0, 0.05) is 6.54 Å². The molecule has 4 heteroatoms. The number of aryl methyl sites for hydroxylation is 3. The average Bonchev–Trinajstić information content (AvgIpc) is 2.51. The number of carboxylic acid groups (broad SMARTS) is 1. The van der Waals surface area contributed by atoms with Gasteiger partial charge in [-0.25, -0.2) is 4.79 Å². The Balaban J connectivity index is 1.90. The van der Waals surface area contributed by atoms with Gasteiger partial charge in [0.15, 0.2) is 0 Å². The van der Waals surface area contributed by atoms with Gasteiger partial charge in [-0.05, 0) is 61.6 Å². The van der Waals surface area contributed by atoms with Crippen molar-refractivity contribution >= 4 is 11.9 Å². The Bertz CT molecular complexity index is 742. The Hall–Kier alpha value is -2.62. The highest BCUT2D eigenvalue weighted by molar-refractivity contribution is 5.87. The van der Waals surface area contributed by atoms with Crippen LogP contribution in [0.4, 0.5) is 0 Å². The van der Waals surface area contributed by atoms with Gasteiger partial charge in [0.05, 0.1) is 12.0 Å². The molecule has 0 atom stereocenters. The molecule has 0 aliphatic carbocycles. The number of carbonyl (C=O) groups is 2. The molecule has 0 fully saturated rings. The van der Waals surface area contributed by atoms with E-state index >= 15 is 0 Å². The van der Waals surface area contributed by atoms with Gasteiger partial charge in [0.25, 0.3) is 0 Å². The maximum atomic E-state index is 12.2. The van der Waals surface area contributed by atoms with E-state index in [-0.39, 0.29) is 11.5 Å². The van der Waals surface area contributed by atoms with E-state index in [1.165, 1.54) is 5.56 Å². The van der Waals surface area contributed by atoms with Crippen LogP contribution in [-0.2, 0) is 17.6 Å². The fourth-order valence-corrected chi connectivity index (χ4v) is 2.92. The molecule has 1 amide bonds. The van der Waals surface area contributed by atoms with Gasteiger partial charge in [-0.1, -0.05) is 29.8 Å². The first kappa shape index (κ1) is 17.7. The maximum absolute atomic E-state index is 12.2. The van der Waals surface area contributed by atoms with Crippen molar-refractivity contribution in [2.24, 2.45) is 0 Å². The Morgan fingerprint density at radius 2 is 1.71 bits per heavy atom. The second-order valence-electron chi connectivity index (χ2n) is 6.16. The fraction of sp³-hybridized carbons (Fsp3) is 0.300. The van der Waals surface area contributed by atoms with Crippen LogP contribution < -0.4 is 5.32 Å². The van der Waals surface area contributed by atoms with E-state index in [9.17, 15) is 9.59 Å². The first-order valence-electron chi connectivity index (χ1n) is 8.02. The lowest BCUT2D eigenvalue weighted by Gasteiger charge is -2.12. The summed E-state index contributed by atoms with van der Waals surface area (Å²) in [7, 11) is 0. The van der Waals surface area contributed by atoms with Crippen molar-refractivity contribution in [1.82, 2.24) is 5.32 Å².